The molecule has 0 aliphatic heterocycles. The highest BCUT2D eigenvalue weighted by molar-refractivity contribution is 9.10. The molecule has 1 aliphatic rings. The molecule has 0 radical (unpaired) electrons. The summed E-state index contributed by atoms with van der Waals surface area (Å²) in [7, 11) is 0. The molecule has 1 aromatic carbocycles. The molecule has 0 saturated heterocycles. The lowest BCUT2D eigenvalue weighted by Crippen LogP contribution is -2.32. The van der Waals surface area contributed by atoms with Crippen LogP contribution in [0.4, 0.5) is 4.39 Å². The standard InChI is InChI=1S/C14H19BrFN/c1-10-2-5-12(6-3-10)17-9-11-4-7-13(15)14(16)8-11/h4,7-8,10,12,17H,2-3,5-6,9H2,1H3. The highest BCUT2D eigenvalue weighted by Crippen LogP contribution is 2.24. The monoisotopic (exact) mass is 299 g/mol. The van der Waals surface area contributed by atoms with Crippen LogP contribution in [0.3, 0.4) is 0 Å². The summed E-state index contributed by atoms with van der Waals surface area (Å²) in [4.78, 5) is 0. The maximum absolute atomic E-state index is 13.3. The number of rotatable bonds is 3. The van der Waals surface area contributed by atoms with E-state index in [-0.39, 0.29) is 5.82 Å². The van der Waals surface area contributed by atoms with Gasteiger partial charge in [-0.1, -0.05) is 13.0 Å². The molecule has 94 valence electrons. The summed E-state index contributed by atoms with van der Waals surface area (Å²) < 4.78 is 13.9. The molecule has 0 aromatic heterocycles. The van der Waals surface area contributed by atoms with Gasteiger partial charge in [-0.15, -0.1) is 0 Å². The molecule has 0 bridgehead atoms. The molecule has 0 spiro atoms. The number of hydrogen-bond donors (Lipinski definition) is 1. The van der Waals surface area contributed by atoms with Crippen LogP contribution in [0.25, 0.3) is 0 Å². The lowest BCUT2D eigenvalue weighted by Gasteiger charge is -2.27. The van der Waals surface area contributed by atoms with Crippen LogP contribution in [0.15, 0.2) is 22.7 Å². The van der Waals surface area contributed by atoms with E-state index >= 15 is 0 Å². The normalized spacial score (nSPS) is 24.9. The Balaban J connectivity index is 1.83. The molecule has 1 aromatic rings. The molecule has 0 amide bonds. The summed E-state index contributed by atoms with van der Waals surface area (Å²) >= 11 is 3.17. The topological polar surface area (TPSA) is 12.0 Å². The molecule has 3 heteroatoms. The van der Waals surface area contributed by atoms with E-state index in [0.717, 1.165) is 18.0 Å². The number of hydrogen-bond acceptors (Lipinski definition) is 1. The van der Waals surface area contributed by atoms with Crippen LogP contribution in [0, 0.1) is 11.7 Å². The van der Waals surface area contributed by atoms with Gasteiger partial charge in [-0.2, -0.15) is 0 Å². The molecule has 2 rings (SSSR count). The van der Waals surface area contributed by atoms with Crippen LogP contribution >= 0.6 is 15.9 Å². The molecule has 0 heterocycles. The second kappa shape index (κ2) is 5.96. The fourth-order valence-electron chi connectivity index (χ4n) is 2.38. The highest BCUT2D eigenvalue weighted by atomic mass is 79.9. The third kappa shape index (κ3) is 3.78. The van der Waals surface area contributed by atoms with Crippen molar-refractivity contribution >= 4 is 15.9 Å². The number of halogens is 2. The first-order valence-corrected chi connectivity index (χ1v) is 7.12. The summed E-state index contributed by atoms with van der Waals surface area (Å²) in [6.45, 7) is 3.09. The van der Waals surface area contributed by atoms with Gasteiger partial charge >= 0.3 is 0 Å². The van der Waals surface area contributed by atoms with Gasteiger partial charge in [0, 0.05) is 12.6 Å². The van der Waals surface area contributed by atoms with Crippen molar-refractivity contribution in [3.05, 3.63) is 34.1 Å². The maximum atomic E-state index is 13.3. The third-order valence-corrected chi connectivity index (χ3v) is 4.24. The molecule has 17 heavy (non-hydrogen) atoms. The first-order valence-electron chi connectivity index (χ1n) is 6.32. The molecule has 0 unspecified atom stereocenters. The van der Waals surface area contributed by atoms with Crippen LogP contribution in [0.2, 0.25) is 0 Å². The first-order chi connectivity index (χ1) is 8.15. The van der Waals surface area contributed by atoms with Gasteiger partial charge in [-0.3, -0.25) is 0 Å². The van der Waals surface area contributed by atoms with Crippen molar-refractivity contribution in [3.8, 4) is 0 Å². The molecule has 1 saturated carbocycles. The van der Waals surface area contributed by atoms with Crippen molar-refractivity contribution in [2.24, 2.45) is 5.92 Å². The Morgan fingerprint density at radius 3 is 2.65 bits per heavy atom. The molecule has 1 aliphatic carbocycles. The zero-order valence-electron chi connectivity index (χ0n) is 10.2. The first kappa shape index (κ1) is 13.0. The average Bonchev–Trinajstić information content (AvgIpc) is 2.33. The van der Waals surface area contributed by atoms with Crippen molar-refractivity contribution in [3.63, 3.8) is 0 Å². The second-order valence-electron chi connectivity index (χ2n) is 5.09. The minimum absolute atomic E-state index is 0.179. The van der Waals surface area contributed by atoms with E-state index in [1.807, 2.05) is 6.07 Å². The van der Waals surface area contributed by atoms with E-state index in [4.69, 9.17) is 0 Å². The van der Waals surface area contributed by atoms with E-state index in [0.29, 0.717) is 10.5 Å². The Morgan fingerprint density at radius 1 is 1.29 bits per heavy atom. The van der Waals surface area contributed by atoms with E-state index < -0.39 is 0 Å². The van der Waals surface area contributed by atoms with E-state index in [1.165, 1.54) is 25.7 Å². The SMILES string of the molecule is CC1CCC(NCc2ccc(Br)c(F)c2)CC1. The molecular weight excluding hydrogens is 281 g/mol. The molecule has 1 N–H and O–H groups in total. The van der Waals surface area contributed by atoms with Crippen molar-refractivity contribution in [1.29, 1.82) is 0 Å². The number of nitrogens with one attached hydrogen (secondary N) is 1. The van der Waals surface area contributed by atoms with Gasteiger partial charge in [0.05, 0.1) is 4.47 Å². The third-order valence-electron chi connectivity index (χ3n) is 3.59. The van der Waals surface area contributed by atoms with Gasteiger partial charge < -0.3 is 5.32 Å². The minimum atomic E-state index is -0.179. The quantitative estimate of drug-likeness (QED) is 0.879. The Labute approximate surface area is 111 Å². The Kier molecular flexibility index (Phi) is 4.57. The molecule has 1 fully saturated rings. The average molecular weight is 300 g/mol. The van der Waals surface area contributed by atoms with Crippen LogP contribution in [0.1, 0.15) is 38.2 Å². The summed E-state index contributed by atoms with van der Waals surface area (Å²) in [6, 6.07) is 5.95. The van der Waals surface area contributed by atoms with E-state index in [9.17, 15) is 4.39 Å². The summed E-state index contributed by atoms with van der Waals surface area (Å²) in [6.07, 6.45) is 5.12. The van der Waals surface area contributed by atoms with E-state index in [1.54, 1.807) is 12.1 Å². The van der Waals surface area contributed by atoms with Gasteiger partial charge in [0.1, 0.15) is 5.82 Å². The Hall–Kier alpha value is -0.410. The summed E-state index contributed by atoms with van der Waals surface area (Å²) in [5.74, 6) is 0.694. The van der Waals surface area contributed by atoms with Crippen LogP contribution in [0.5, 0.6) is 0 Å². The van der Waals surface area contributed by atoms with Crippen molar-refractivity contribution in [2.75, 3.05) is 0 Å². The van der Waals surface area contributed by atoms with Gasteiger partial charge in [0.2, 0.25) is 0 Å². The van der Waals surface area contributed by atoms with Crippen molar-refractivity contribution in [2.45, 2.75) is 45.2 Å². The largest absolute Gasteiger partial charge is 0.310 e. The Bertz CT molecular complexity index is 372. The number of benzene rings is 1. The second-order valence-corrected chi connectivity index (χ2v) is 5.94. The summed E-state index contributed by atoms with van der Waals surface area (Å²) in [5.41, 5.74) is 1.02. The summed E-state index contributed by atoms with van der Waals surface area (Å²) in [5, 5.41) is 3.52. The van der Waals surface area contributed by atoms with Gasteiger partial charge in [-0.05, 0) is 65.2 Å². The zero-order chi connectivity index (χ0) is 12.3. The van der Waals surface area contributed by atoms with Crippen LogP contribution < -0.4 is 5.32 Å². The predicted octanol–water partition coefficient (Wildman–Crippen LogP) is 4.26. The molecule has 0 atom stereocenters. The molecular formula is C14H19BrFN. The minimum Gasteiger partial charge on any atom is -0.310 e. The lowest BCUT2D eigenvalue weighted by molar-refractivity contribution is 0.306. The van der Waals surface area contributed by atoms with Gasteiger partial charge in [0.25, 0.3) is 0 Å². The van der Waals surface area contributed by atoms with Crippen molar-refractivity contribution in [1.82, 2.24) is 5.32 Å². The highest BCUT2D eigenvalue weighted by Gasteiger charge is 2.17. The predicted molar refractivity (Wildman–Crippen MR) is 72.4 cm³/mol. The molecule has 1 nitrogen and oxygen atoms in total. The van der Waals surface area contributed by atoms with Gasteiger partial charge in [-0.25, -0.2) is 4.39 Å². The van der Waals surface area contributed by atoms with Crippen LogP contribution in [-0.2, 0) is 6.54 Å². The van der Waals surface area contributed by atoms with Crippen LogP contribution in [-0.4, -0.2) is 6.04 Å². The van der Waals surface area contributed by atoms with Gasteiger partial charge in [0.15, 0.2) is 0 Å². The lowest BCUT2D eigenvalue weighted by atomic mass is 9.87. The van der Waals surface area contributed by atoms with E-state index in [2.05, 4.69) is 28.2 Å². The maximum Gasteiger partial charge on any atom is 0.137 e. The fourth-order valence-corrected chi connectivity index (χ4v) is 2.62. The zero-order valence-corrected chi connectivity index (χ0v) is 11.8. The fraction of sp³-hybridized carbons (Fsp3) is 0.571. The smallest absolute Gasteiger partial charge is 0.137 e. The van der Waals surface area contributed by atoms with Crippen molar-refractivity contribution < 1.29 is 4.39 Å². The Morgan fingerprint density at radius 2 is 2.00 bits per heavy atom.